The molecule has 1 aromatic rings. The number of nitro benzene ring substituents is 1. The third kappa shape index (κ3) is 2.61. The number of halogens is 1. The Morgan fingerprint density at radius 1 is 1.60 bits per heavy atom. The van der Waals surface area contributed by atoms with Gasteiger partial charge in [-0.15, -0.1) is 6.58 Å². The number of nitrogens with zero attached hydrogens (tertiary/aromatic N) is 2. The third-order valence-electron chi connectivity index (χ3n) is 3.12. The molecule has 1 fully saturated rings. The number of nitro groups is 1. The zero-order valence-electron chi connectivity index (χ0n) is 10.6. The van der Waals surface area contributed by atoms with Crippen molar-refractivity contribution >= 4 is 17.3 Å². The molecule has 0 aromatic heterocycles. The standard InChI is InChI=1S/C13H13FN2O4/c1-2-5-15(8-3-4-8)12-6-9(13(17)18)11(16(19)20)7-10(12)14/h2,6-8H,1,3-5H2,(H,17,18). The van der Waals surface area contributed by atoms with Crippen LogP contribution >= 0.6 is 0 Å². The van der Waals surface area contributed by atoms with Gasteiger partial charge in [0.15, 0.2) is 5.82 Å². The third-order valence-corrected chi connectivity index (χ3v) is 3.12. The molecule has 1 aliphatic carbocycles. The number of carboxylic acids is 1. The lowest BCUT2D eigenvalue weighted by atomic mass is 10.1. The summed E-state index contributed by atoms with van der Waals surface area (Å²) in [6.07, 6.45) is 3.35. The summed E-state index contributed by atoms with van der Waals surface area (Å²) in [5, 5.41) is 19.8. The zero-order valence-corrected chi connectivity index (χ0v) is 10.6. The van der Waals surface area contributed by atoms with E-state index in [4.69, 9.17) is 5.11 Å². The van der Waals surface area contributed by atoms with E-state index in [2.05, 4.69) is 6.58 Å². The van der Waals surface area contributed by atoms with Crippen LogP contribution in [0.25, 0.3) is 0 Å². The van der Waals surface area contributed by atoms with E-state index in [9.17, 15) is 19.3 Å². The van der Waals surface area contributed by atoms with Gasteiger partial charge in [0.05, 0.1) is 16.7 Å². The van der Waals surface area contributed by atoms with E-state index in [1.165, 1.54) is 0 Å². The Balaban J connectivity index is 2.52. The monoisotopic (exact) mass is 280 g/mol. The van der Waals surface area contributed by atoms with Gasteiger partial charge in [-0.25, -0.2) is 9.18 Å². The van der Waals surface area contributed by atoms with Crippen molar-refractivity contribution in [3.63, 3.8) is 0 Å². The van der Waals surface area contributed by atoms with Crippen LogP contribution in [0.3, 0.4) is 0 Å². The number of rotatable bonds is 6. The first-order valence-electron chi connectivity index (χ1n) is 6.04. The Kier molecular flexibility index (Phi) is 3.69. The SMILES string of the molecule is C=CCN(c1cc(C(=O)O)c([N+](=O)[O-])cc1F)C1CC1. The van der Waals surface area contributed by atoms with Gasteiger partial charge in [-0.05, 0) is 18.9 Å². The molecule has 0 amide bonds. The lowest BCUT2D eigenvalue weighted by molar-refractivity contribution is -0.385. The fourth-order valence-electron chi connectivity index (χ4n) is 2.06. The minimum absolute atomic E-state index is 0.0652. The summed E-state index contributed by atoms with van der Waals surface area (Å²) >= 11 is 0. The van der Waals surface area contributed by atoms with Gasteiger partial charge in [0.1, 0.15) is 5.56 Å². The van der Waals surface area contributed by atoms with Crippen LogP contribution < -0.4 is 4.90 Å². The second-order valence-corrected chi connectivity index (χ2v) is 4.56. The summed E-state index contributed by atoms with van der Waals surface area (Å²) in [5.41, 5.74) is -1.19. The van der Waals surface area contributed by atoms with Gasteiger partial charge < -0.3 is 10.0 Å². The number of aromatic carboxylic acids is 1. The summed E-state index contributed by atoms with van der Waals surface area (Å²) in [6, 6.07) is 1.82. The molecule has 1 aromatic carbocycles. The van der Waals surface area contributed by atoms with E-state index >= 15 is 0 Å². The number of anilines is 1. The normalized spacial score (nSPS) is 13.8. The Bertz CT molecular complexity index is 584. The molecule has 6 nitrogen and oxygen atoms in total. The van der Waals surface area contributed by atoms with Crippen molar-refractivity contribution < 1.29 is 19.2 Å². The highest BCUT2D eigenvalue weighted by atomic mass is 19.1. The van der Waals surface area contributed by atoms with E-state index in [-0.39, 0.29) is 11.7 Å². The molecule has 0 spiro atoms. The number of carbonyl (C=O) groups is 1. The minimum atomic E-state index is -1.45. The van der Waals surface area contributed by atoms with Crippen LogP contribution in [-0.4, -0.2) is 28.6 Å². The largest absolute Gasteiger partial charge is 0.477 e. The molecule has 0 atom stereocenters. The van der Waals surface area contributed by atoms with Crippen LogP contribution in [0.2, 0.25) is 0 Å². The maximum atomic E-state index is 14.0. The van der Waals surface area contributed by atoms with Gasteiger partial charge >= 0.3 is 5.97 Å². The van der Waals surface area contributed by atoms with Crippen LogP contribution in [0, 0.1) is 15.9 Å². The molecule has 1 saturated carbocycles. The van der Waals surface area contributed by atoms with Crippen molar-refractivity contribution in [2.24, 2.45) is 0 Å². The summed E-state index contributed by atoms with van der Waals surface area (Å²) < 4.78 is 14.0. The molecule has 0 radical (unpaired) electrons. The van der Waals surface area contributed by atoms with Crippen LogP contribution in [-0.2, 0) is 0 Å². The molecule has 7 heteroatoms. The smallest absolute Gasteiger partial charge is 0.342 e. The molecule has 20 heavy (non-hydrogen) atoms. The fourth-order valence-corrected chi connectivity index (χ4v) is 2.06. The fraction of sp³-hybridized carbons (Fsp3) is 0.308. The second-order valence-electron chi connectivity index (χ2n) is 4.56. The number of benzene rings is 1. The highest BCUT2D eigenvalue weighted by Crippen LogP contribution is 2.35. The Morgan fingerprint density at radius 2 is 2.25 bits per heavy atom. The first-order valence-corrected chi connectivity index (χ1v) is 6.04. The quantitative estimate of drug-likeness (QED) is 0.492. The second kappa shape index (κ2) is 5.28. The average molecular weight is 280 g/mol. The van der Waals surface area contributed by atoms with E-state index in [1.54, 1.807) is 11.0 Å². The summed E-state index contributed by atoms with van der Waals surface area (Å²) in [4.78, 5) is 22.6. The predicted octanol–water partition coefficient (Wildman–Crippen LogP) is 2.59. The summed E-state index contributed by atoms with van der Waals surface area (Å²) in [7, 11) is 0. The van der Waals surface area contributed by atoms with E-state index in [0.29, 0.717) is 12.6 Å². The zero-order chi connectivity index (χ0) is 14.9. The van der Waals surface area contributed by atoms with Gasteiger partial charge in [-0.1, -0.05) is 6.08 Å². The Morgan fingerprint density at radius 3 is 2.70 bits per heavy atom. The molecule has 106 valence electrons. The molecule has 0 saturated heterocycles. The molecule has 0 aliphatic heterocycles. The van der Waals surface area contributed by atoms with Gasteiger partial charge in [0.25, 0.3) is 5.69 Å². The highest BCUT2D eigenvalue weighted by Gasteiger charge is 2.32. The lowest BCUT2D eigenvalue weighted by Crippen LogP contribution is -2.27. The molecule has 0 bridgehead atoms. The summed E-state index contributed by atoms with van der Waals surface area (Å²) in [6.45, 7) is 3.94. The molecular weight excluding hydrogens is 267 g/mol. The summed E-state index contributed by atoms with van der Waals surface area (Å²) in [5.74, 6) is -2.25. The Labute approximate surface area is 114 Å². The predicted molar refractivity (Wildman–Crippen MR) is 70.6 cm³/mol. The molecule has 1 N–H and O–H groups in total. The van der Waals surface area contributed by atoms with Crippen LogP contribution in [0.5, 0.6) is 0 Å². The molecule has 0 heterocycles. The maximum Gasteiger partial charge on any atom is 0.342 e. The van der Waals surface area contributed by atoms with Crippen molar-refractivity contribution in [3.8, 4) is 0 Å². The molecule has 0 unspecified atom stereocenters. The van der Waals surface area contributed by atoms with Crippen molar-refractivity contribution in [2.45, 2.75) is 18.9 Å². The highest BCUT2D eigenvalue weighted by molar-refractivity contribution is 5.93. The lowest BCUT2D eigenvalue weighted by Gasteiger charge is -2.23. The number of hydrogen-bond donors (Lipinski definition) is 1. The molecule has 2 rings (SSSR count). The molecule has 1 aliphatic rings. The van der Waals surface area contributed by atoms with E-state index < -0.39 is 28.0 Å². The van der Waals surface area contributed by atoms with E-state index in [0.717, 1.165) is 18.9 Å². The minimum Gasteiger partial charge on any atom is -0.477 e. The van der Waals surface area contributed by atoms with Crippen molar-refractivity contribution in [3.05, 3.63) is 46.3 Å². The van der Waals surface area contributed by atoms with Crippen molar-refractivity contribution in [1.29, 1.82) is 0 Å². The maximum absolute atomic E-state index is 14.0. The first kappa shape index (κ1) is 14.0. The van der Waals surface area contributed by atoms with E-state index in [1.807, 2.05) is 0 Å². The Hall–Kier alpha value is -2.44. The van der Waals surface area contributed by atoms with Gasteiger partial charge in [-0.2, -0.15) is 0 Å². The topological polar surface area (TPSA) is 83.7 Å². The molecular formula is C13H13FN2O4. The van der Waals surface area contributed by atoms with Crippen LogP contribution in [0.15, 0.2) is 24.8 Å². The van der Waals surface area contributed by atoms with Gasteiger partial charge in [0.2, 0.25) is 0 Å². The van der Waals surface area contributed by atoms with Crippen LogP contribution in [0.4, 0.5) is 15.8 Å². The van der Waals surface area contributed by atoms with Crippen molar-refractivity contribution in [2.75, 3.05) is 11.4 Å². The van der Waals surface area contributed by atoms with Gasteiger partial charge in [0, 0.05) is 12.6 Å². The number of hydrogen-bond acceptors (Lipinski definition) is 4. The number of carboxylic acid groups (broad SMARTS) is 1. The van der Waals surface area contributed by atoms with Crippen LogP contribution in [0.1, 0.15) is 23.2 Å². The van der Waals surface area contributed by atoms with Gasteiger partial charge in [-0.3, -0.25) is 10.1 Å². The first-order chi connectivity index (χ1) is 9.45. The van der Waals surface area contributed by atoms with Crippen molar-refractivity contribution in [1.82, 2.24) is 0 Å². The average Bonchev–Trinajstić information content (AvgIpc) is 3.19.